The molecule has 10 heteroatoms. The van der Waals surface area contributed by atoms with Gasteiger partial charge in [-0.1, -0.05) is 12.1 Å². The third-order valence-corrected chi connectivity index (χ3v) is 9.04. The normalized spacial score (nSPS) is 21.8. The van der Waals surface area contributed by atoms with E-state index in [9.17, 15) is 18.0 Å². The molecule has 3 aliphatic rings. The molecule has 2 saturated heterocycles. The van der Waals surface area contributed by atoms with Gasteiger partial charge in [0.2, 0.25) is 0 Å². The lowest BCUT2D eigenvalue weighted by Gasteiger charge is -2.59. The first kappa shape index (κ1) is 26.5. The molecule has 6 rings (SSSR count). The monoisotopic (exact) mass is 543 g/mol. The van der Waals surface area contributed by atoms with E-state index >= 15 is 0 Å². The van der Waals surface area contributed by atoms with E-state index in [1.54, 1.807) is 19.2 Å². The summed E-state index contributed by atoms with van der Waals surface area (Å²) in [4.78, 5) is 15.3. The van der Waals surface area contributed by atoms with Gasteiger partial charge < -0.3 is 9.64 Å². The average molecular weight is 544 g/mol. The number of aryl methyl sites for hydroxylation is 2. The topological polar surface area (TPSA) is 65.2 Å². The molecule has 0 bridgehead atoms. The fourth-order valence-corrected chi connectivity index (χ4v) is 7.19. The summed E-state index contributed by atoms with van der Waals surface area (Å²) in [5, 5.41) is 8.98. The van der Waals surface area contributed by atoms with Gasteiger partial charge in [0.25, 0.3) is 5.56 Å². The third kappa shape index (κ3) is 5.01. The zero-order valence-electron chi connectivity index (χ0n) is 22.6. The molecule has 0 radical (unpaired) electrons. The van der Waals surface area contributed by atoms with Crippen molar-refractivity contribution in [2.75, 3.05) is 26.2 Å². The molecule has 3 fully saturated rings. The van der Waals surface area contributed by atoms with Gasteiger partial charge in [-0.3, -0.25) is 9.48 Å². The maximum atomic E-state index is 14.0. The van der Waals surface area contributed by atoms with Crippen LogP contribution in [0.5, 0.6) is 0 Å². The predicted octanol–water partition coefficient (Wildman–Crippen LogP) is 5.04. The van der Waals surface area contributed by atoms with Gasteiger partial charge in [-0.05, 0) is 87.3 Å². The van der Waals surface area contributed by atoms with Crippen LogP contribution in [0.1, 0.15) is 67.0 Å². The van der Waals surface area contributed by atoms with Gasteiger partial charge in [0.1, 0.15) is 0 Å². The molecule has 1 atom stereocenters. The Kier molecular flexibility index (Phi) is 6.82. The highest BCUT2D eigenvalue weighted by molar-refractivity contribution is 5.83. The van der Waals surface area contributed by atoms with Gasteiger partial charge in [0.05, 0.1) is 23.5 Å². The van der Waals surface area contributed by atoms with Crippen molar-refractivity contribution in [2.24, 2.45) is 18.4 Å². The van der Waals surface area contributed by atoms with E-state index in [0.717, 1.165) is 75.7 Å². The van der Waals surface area contributed by atoms with E-state index in [2.05, 4.69) is 15.1 Å². The van der Waals surface area contributed by atoms with E-state index in [1.165, 1.54) is 15.6 Å². The highest BCUT2D eigenvalue weighted by atomic mass is 19.4. The van der Waals surface area contributed by atoms with E-state index < -0.39 is 11.7 Å². The van der Waals surface area contributed by atoms with Crippen molar-refractivity contribution in [1.29, 1.82) is 0 Å². The van der Waals surface area contributed by atoms with Crippen molar-refractivity contribution in [3.8, 4) is 0 Å². The summed E-state index contributed by atoms with van der Waals surface area (Å²) in [7, 11) is 1.57. The van der Waals surface area contributed by atoms with Crippen LogP contribution in [-0.2, 0) is 30.8 Å². The largest absolute Gasteiger partial charge is 0.418 e. The van der Waals surface area contributed by atoms with Gasteiger partial charge >= 0.3 is 6.18 Å². The van der Waals surface area contributed by atoms with Crippen molar-refractivity contribution < 1.29 is 17.9 Å². The number of alkyl halides is 3. The average Bonchev–Trinajstić information content (AvgIpc) is 3.23. The van der Waals surface area contributed by atoms with Crippen LogP contribution in [0.15, 0.2) is 29.3 Å². The number of halogens is 3. The first-order chi connectivity index (χ1) is 18.6. The number of benzene rings is 1. The molecule has 2 aromatic heterocycles. The molecule has 39 heavy (non-hydrogen) atoms. The minimum atomic E-state index is -4.40. The molecule has 1 aliphatic carbocycles. The van der Waals surface area contributed by atoms with Crippen molar-refractivity contribution in [3.05, 3.63) is 57.1 Å². The summed E-state index contributed by atoms with van der Waals surface area (Å²) in [6.07, 6.45) is 5.75. The first-order valence-electron chi connectivity index (χ1n) is 14.1. The second-order valence-electron chi connectivity index (χ2n) is 12.0. The zero-order chi connectivity index (χ0) is 27.4. The molecule has 1 unspecified atom stereocenters. The summed E-state index contributed by atoms with van der Waals surface area (Å²) in [6, 6.07) is 3.40. The Morgan fingerprint density at radius 2 is 1.90 bits per heavy atom. The molecule has 210 valence electrons. The summed E-state index contributed by atoms with van der Waals surface area (Å²) < 4.78 is 50.6. The van der Waals surface area contributed by atoms with Crippen molar-refractivity contribution in [1.82, 2.24) is 24.5 Å². The number of rotatable bonds is 7. The number of aromatic nitrogens is 4. The Morgan fingerprint density at radius 1 is 1.10 bits per heavy atom. The Labute approximate surface area is 225 Å². The van der Waals surface area contributed by atoms with Gasteiger partial charge in [-0.25, -0.2) is 4.68 Å². The van der Waals surface area contributed by atoms with Gasteiger partial charge in [0, 0.05) is 37.7 Å². The first-order valence-corrected chi connectivity index (χ1v) is 14.1. The number of likely N-dealkylation sites (tertiary alicyclic amines) is 1. The van der Waals surface area contributed by atoms with Crippen LogP contribution in [0, 0.1) is 18.3 Å². The maximum absolute atomic E-state index is 14.0. The lowest BCUT2D eigenvalue weighted by atomic mass is 9.56. The molecule has 7 nitrogen and oxygen atoms in total. The van der Waals surface area contributed by atoms with E-state index in [-0.39, 0.29) is 28.6 Å². The Hall–Kier alpha value is -2.72. The molecule has 4 heterocycles. The molecular weight excluding hydrogens is 507 g/mol. The summed E-state index contributed by atoms with van der Waals surface area (Å²) in [5.74, 6) is 0.285. The minimum Gasteiger partial charge on any atom is -0.356 e. The van der Waals surface area contributed by atoms with Crippen LogP contribution in [-0.4, -0.2) is 50.7 Å². The molecule has 2 aliphatic heterocycles. The molecule has 3 aromatic rings. The van der Waals surface area contributed by atoms with Crippen LogP contribution in [0.4, 0.5) is 13.2 Å². The van der Waals surface area contributed by atoms with E-state index in [1.807, 2.05) is 13.1 Å². The van der Waals surface area contributed by atoms with Crippen LogP contribution in [0.3, 0.4) is 0 Å². The quantitative estimate of drug-likeness (QED) is 0.418. The number of ether oxygens (including phenoxy) is 1. The second-order valence-corrected chi connectivity index (χ2v) is 12.0. The number of hydrogen-bond donors (Lipinski definition) is 0. The van der Waals surface area contributed by atoms with E-state index in [4.69, 9.17) is 4.74 Å². The van der Waals surface area contributed by atoms with Crippen molar-refractivity contribution in [3.63, 3.8) is 0 Å². The molecular formula is C29H36F3N5O2. The Balaban J connectivity index is 0.994. The lowest BCUT2D eigenvalue weighted by molar-refractivity contribution is -0.137. The predicted molar refractivity (Wildman–Crippen MR) is 141 cm³/mol. The van der Waals surface area contributed by atoms with Crippen LogP contribution >= 0.6 is 0 Å². The minimum absolute atomic E-state index is 0.0564. The van der Waals surface area contributed by atoms with Crippen molar-refractivity contribution >= 4 is 10.9 Å². The Bertz CT molecular complexity index is 1410. The molecule has 1 spiro atoms. The highest BCUT2D eigenvalue weighted by Crippen LogP contribution is 2.53. The highest BCUT2D eigenvalue weighted by Gasteiger charge is 2.52. The molecule has 1 saturated carbocycles. The summed E-state index contributed by atoms with van der Waals surface area (Å²) in [5.41, 5.74) is 1.99. The zero-order valence-corrected chi connectivity index (χ0v) is 22.6. The fourth-order valence-electron chi connectivity index (χ4n) is 7.19. The summed E-state index contributed by atoms with van der Waals surface area (Å²) in [6.45, 7) is 5.52. The standard InChI is InChI=1S/C29H36F3N5O2/c1-19-22(15-34-37(27(19)38)24-7-3-4-11-39-24)6-5-10-36-17-28(18-36)13-20(14-28)12-21-8-9-23-16-33-35(2)26(23)25(21)29(30,31)32/h8-9,15-16,20,24H,3-7,10-14,17-18H2,1-2H3. The van der Waals surface area contributed by atoms with Gasteiger partial charge in [-0.2, -0.15) is 23.4 Å². The number of nitrogens with zero attached hydrogens (tertiary/aromatic N) is 5. The van der Waals surface area contributed by atoms with Gasteiger partial charge in [-0.15, -0.1) is 0 Å². The van der Waals surface area contributed by atoms with Crippen molar-refractivity contribution in [2.45, 2.75) is 70.7 Å². The van der Waals surface area contributed by atoms with Crippen LogP contribution in [0.2, 0.25) is 0 Å². The number of hydrogen-bond acceptors (Lipinski definition) is 5. The molecule has 1 aromatic carbocycles. The van der Waals surface area contributed by atoms with E-state index in [0.29, 0.717) is 24.0 Å². The third-order valence-electron chi connectivity index (χ3n) is 9.04. The smallest absolute Gasteiger partial charge is 0.356 e. The number of fused-ring (bicyclic) bond motifs is 1. The van der Waals surface area contributed by atoms with Crippen LogP contribution < -0.4 is 5.56 Å². The molecule has 0 N–H and O–H groups in total. The summed E-state index contributed by atoms with van der Waals surface area (Å²) >= 11 is 0. The van der Waals surface area contributed by atoms with Crippen LogP contribution in [0.25, 0.3) is 10.9 Å². The maximum Gasteiger partial charge on any atom is 0.418 e. The second kappa shape index (κ2) is 10.0. The van der Waals surface area contributed by atoms with Gasteiger partial charge in [0.15, 0.2) is 6.23 Å². The Morgan fingerprint density at radius 3 is 2.62 bits per heavy atom. The fraction of sp³-hybridized carbons (Fsp3) is 0.621. The lowest BCUT2D eigenvalue weighted by Crippen LogP contribution is -2.62. The molecule has 0 amide bonds. The SMILES string of the molecule is Cc1c(CCCN2CC3(CC(Cc4ccc5cnn(C)c5c4C(F)(F)F)C3)C2)cnn(C2CCCCO2)c1=O.